The molecule has 0 atom stereocenters. The highest BCUT2D eigenvalue weighted by Gasteiger charge is 2.17. The van der Waals surface area contributed by atoms with Crippen LogP contribution in [0.2, 0.25) is 0 Å². The van der Waals surface area contributed by atoms with E-state index in [2.05, 4.69) is 15.5 Å². The fraction of sp³-hybridized carbons (Fsp3) is 0.321. The molecule has 6 nitrogen and oxygen atoms in total. The fourth-order valence-electron chi connectivity index (χ4n) is 4.07. The van der Waals surface area contributed by atoms with Gasteiger partial charge in [0.25, 0.3) is 0 Å². The summed E-state index contributed by atoms with van der Waals surface area (Å²) in [5.41, 5.74) is 2.74. The molecular formula is C28H31FN4O2S. The van der Waals surface area contributed by atoms with Crippen molar-refractivity contribution in [2.75, 3.05) is 12.9 Å². The Labute approximate surface area is 215 Å². The number of unbranched alkanes of at least 4 members (excludes halogenated alkanes) is 1. The topological polar surface area (TPSA) is 69.0 Å². The number of nitrogens with one attached hydrogen (secondary N) is 1. The Kier molecular flexibility index (Phi) is 9.33. The van der Waals surface area contributed by atoms with Crippen LogP contribution in [0, 0.1) is 0 Å². The van der Waals surface area contributed by atoms with Crippen LogP contribution < -0.4 is 10.1 Å². The predicted molar refractivity (Wildman–Crippen MR) is 141 cm³/mol. The van der Waals surface area contributed by atoms with Gasteiger partial charge in [0.05, 0.1) is 7.11 Å². The summed E-state index contributed by atoms with van der Waals surface area (Å²) >= 11 is 1.51. The number of methoxy groups -OCH3 is 1. The second kappa shape index (κ2) is 13.1. The number of amides is 1. The standard InChI is InChI=1S/C28H31FN4O2S/c1-35-25-16-8-6-11-21(25)19-30-27(34)18-10-9-17-26-31-32-28(33(26)23-13-3-2-4-14-23)36-20-22-12-5-7-15-24(22)29/h2-4,6-8,11,13-16H,5,9-10,12,17-20H2,1H3,(H,30,34). The molecule has 0 bridgehead atoms. The van der Waals surface area contributed by atoms with Gasteiger partial charge in [0.15, 0.2) is 5.16 Å². The van der Waals surface area contributed by atoms with Crippen LogP contribution in [0.5, 0.6) is 5.75 Å². The molecule has 2 aromatic carbocycles. The summed E-state index contributed by atoms with van der Waals surface area (Å²) in [7, 11) is 1.63. The van der Waals surface area contributed by atoms with E-state index in [0.717, 1.165) is 59.2 Å². The first-order valence-corrected chi connectivity index (χ1v) is 13.2. The molecule has 8 heteroatoms. The number of aryl methyl sites for hydroxylation is 1. The number of allylic oxidation sites excluding steroid dienone is 3. The molecule has 0 spiro atoms. The zero-order valence-corrected chi connectivity index (χ0v) is 21.3. The number of carbonyl (C=O) groups excluding carboxylic acids is 1. The Balaban J connectivity index is 1.33. The summed E-state index contributed by atoms with van der Waals surface area (Å²) in [5, 5.41) is 12.6. The Hall–Kier alpha value is -3.39. The molecule has 188 valence electrons. The van der Waals surface area contributed by atoms with Gasteiger partial charge >= 0.3 is 0 Å². The van der Waals surface area contributed by atoms with E-state index >= 15 is 0 Å². The van der Waals surface area contributed by atoms with Gasteiger partial charge in [-0.1, -0.05) is 54.2 Å². The molecule has 1 aliphatic carbocycles. The van der Waals surface area contributed by atoms with Crippen molar-refractivity contribution in [3.05, 3.63) is 89.5 Å². The van der Waals surface area contributed by atoms with Crippen LogP contribution in [0.15, 0.2) is 83.3 Å². The van der Waals surface area contributed by atoms with Gasteiger partial charge in [0.2, 0.25) is 5.91 Å². The molecule has 3 aromatic rings. The van der Waals surface area contributed by atoms with Crippen molar-refractivity contribution in [3.8, 4) is 11.4 Å². The van der Waals surface area contributed by atoms with Crippen LogP contribution in [0.3, 0.4) is 0 Å². The van der Waals surface area contributed by atoms with Gasteiger partial charge < -0.3 is 10.1 Å². The lowest BCUT2D eigenvalue weighted by atomic mass is 10.1. The molecule has 1 amide bonds. The number of nitrogens with zero attached hydrogens (tertiary/aromatic N) is 3. The monoisotopic (exact) mass is 506 g/mol. The van der Waals surface area contributed by atoms with Crippen molar-refractivity contribution in [1.29, 1.82) is 0 Å². The molecule has 1 heterocycles. The largest absolute Gasteiger partial charge is 0.496 e. The summed E-state index contributed by atoms with van der Waals surface area (Å²) in [6.45, 7) is 0.443. The third kappa shape index (κ3) is 6.85. The second-order valence-electron chi connectivity index (χ2n) is 8.55. The highest BCUT2D eigenvalue weighted by molar-refractivity contribution is 7.99. The number of carbonyl (C=O) groups is 1. The second-order valence-corrected chi connectivity index (χ2v) is 9.49. The van der Waals surface area contributed by atoms with Crippen LogP contribution in [0.4, 0.5) is 4.39 Å². The number of hydrogen-bond acceptors (Lipinski definition) is 5. The third-order valence-electron chi connectivity index (χ3n) is 6.03. The zero-order chi connectivity index (χ0) is 25.2. The van der Waals surface area contributed by atoms with E-state index in [1.807, 2.05) is 65.2 Å². The lowest BCUT2D eigenvalue weighted by molar-refractivity contribution is -0.121. The van der Waals surface area contributed by atoms with Gasteiger partial charge in [-0.2, -0.15) is 0 Å². The maximum Gasteiger partial charge on any atom is 0.220 e. The Bertz CT molecular complexity index is 1220. The fourth-order valence-corrected chi connectivity index (χ4v) is 5.09. The van der Waals surface area contributed by atoms with Crippen molar-refractivity contribution >= 4 is 17.7 Å². The SMILES string of the molecule is COc1ccccc1CNC(=O)CCCCc1nnc(SCC2=C(F)C=CCC2)n1-c1ccccc1. The van der Waals surface area contributed by atoms with Crippen molar-refractivity contribution in [3.63, 3.8) is 0 Å². The molecule has 36 heavy (non-hydrogen) atoms. The van der Waals surface area contributed by atoms with Crippen molar-refractivity contribution in [2.24, 2.45) is 0 Å². The van der Waals surface area contributed by atoms with E-state index in [1.54, 1.807) is 13.2 Å². The van der Waals surface area contributed by atoms with E-state index in [9.17, 15) is 9.18 Å². The van der Waals surface area contributed by atoms with Crippen molar-refractivity contribution < 1.29 is 13.9 Å². The first-order chi connectivity index (χ1) is 17.7. The Morgan fingerprint density at radius 3 is 2.72 bits per heavy atom. The molecule has 0 saturated heterocycles. The number of hydrogen-bond donors (Lipinski definition) is 1. The Morgan fingerprint density at radius 1 is 1.11 bits per heavy atom. The van der Waals surface area contributed by atoms with Crippen LogP contribution in [0.25, 0.3) is 5.69 Å². The number of benzene rings is 2. The number of halogens is 1. The van der Waals surface area contributed by atoms with Gasteiger partial charge in [-0.05, 0) is 55.5 Å². The number of aromatic nitrogens is 3. The van der Waals surface area contributed by atoms with Crippen LogP contribution >= 0.6 is 11.8 Å². The minimum absolute atomic E-state index is 0.0125. The first-order valence-electron chi connectivity index (χ1n) is 12.2. The number of ether oxygens (including phenoxy) is 1. The summed E-state index contributed by atoms with van der Waals surface area (Å²) in [5.74, 6) is 2.04. The molecule has 0 fully saturated rings. The van der Waals surface area contributed by atoms with E-state index in [4.69, 9.17) is 4.74 Å². The average molecular weight is 507 g/mol. The molecule has 1 aromatic heterocycles. The molecule has 0 saturated carbocycles. The summed E-state index contributed by atoms with van der Waals surface area (Å²) < 4.78 is 21.5. The first kappa shape index (κ1) is 25.7. The predicted octanol–water partition coefficient (Wildman–Crippen LogP) is 5.97. The number of thioether (sulfide) groups is 1. The Morgan fingerprint density at radius 2 is 1.92 bits per heavy atom. The quantitative estimate of drug-likeness (QED) is 0.242. The summed E-state index contributed by atoms with van der Waals surface area (Å²) in [6.07, 6.45) is 7.72. The van der Waals surface area contributed by atoms with Crippen LogP contribution in [-0.2, 0) is 17.8 Å². The summed E-state index contributed by atoms with van der Waals surface area (Å²) in [4.78, 5) is 12.4. The van der Waals surface area contributed by atoms with E-state index in [0.29, 0.717) is 25.1 Å². The van der Waals surface area contributed by atoms with Gasteiger partial charge in [0.1, 0.15) is 17.4 Å². The minimum Gasteiger partial charge on any atom is -0.496 e. The van der Waals surface area contributed by atoms with Crippen LogP contribution in [-0.4, -0.2) is 33.5 Å². The van der Waals surface area contributed by atoms with Gasteiger partial charge in [-0.15, -0.1) is 10.2 Å². The molecule has 0 radical (unpaired) electrons. The van der Waals surface area contributed by atoms with Gasteiger partial charge in [-0.3, -0.25) is 9.36 Å². The van der Waals surface area contributed by atoms with Gasteiger partial charge in [0, 0.05) is 36.4 Å². The van der Waals surface area contributed by atoms with Crippen molar-refractivity contribution in [1.82, 2.24) is 20.1 Å². The maximum absolute atomic E-state index is 14.1. The zero-order valence-electron chi connectivity index (χ0n) is 20.5. The molecular weight excluding hydrogens is 475 g/mol. The maximum atomic E-state index is 14.1. The molecule has 1 aliphatic rings. The molecule has 4 rings (SSSR count). The number of para-hydroxylation sites is 2. The normalized spacial score (nSPS) is 13.2. The highest BCUT2D eigenvalue weighted by atomic mass is 32.2. The van der Waals surface area contributed by atoms with E-state index in [1.165, 1.54) is 11.8 Å². The van der Waals surface area contributed by atoms with E-state index in [-0.39, 0.29) is 11.7 Å². The smallest absolute Gasteiger partial charge is 0.220 e. The van der Waals surface area contributed by atoms with Crippen molar-refractivity contribution in [2.45, 2.75) is 50.2 Å². The summed E-state index contributed by atoms with van der Waals surface area (Å²) in [6, 6.07) is 17.6. The lowest BCUT2D eigenvalue weighted by Crippen LogP contribution is -2.22. The third-order valence-corrected chi connectivity index (χ3v) is 7.04. The molecule has 0 unspecified atom stereocenters. The van der Waals surface area contributed by atoms with Crippen LogP contribution in [0.1, 0.15) is 43.5 Å². The van der Waals surface area contributed by atoms with Gasteiger partial charge in [-0.25, -0.2) is 4.39 Å². The lowest BCUT2D eigenvalue weighted by Gasteiger charge is -2.12. The molecule has 1 N–H and O–H groups in total. The number of rotatable bonds is 12. The van der Waals surface area contributed by atoms with E-state index < -0.39 is 0 Å². The molecule has 0 aliphatic heterocycles. The highest BCUT2D eigenvalue weighted by Crippen LogP contribution is 2.29. The average Bonchev–Trinajstić information content (AvgIpc) is 3.32. The minimum atomic E-state index is -0.135.